The second kappa shape index (κ2) is 7.44. The number of hydrogen-bond acceptors (Lipinski definition) is 2. The van der Waals surface area contributed by atoms with E-state index in [0.717, 1.165) is 31.4 Å². The lowest BCUT2D eigenvalue weighted by molar-refractivity contribution is 0.432. The number of hydrogen-bond donors (Lipinski definition) is 1. The van der Waals surface area contributed by atoms with Crippen molar-refractivity contribution in [3.05, 3.63) is 18.2 Å². The van der Waals surface area contributed by atoms with Gasteiger partial charge >= 0.3 is 0 Å². The number of aromatic nitrogens is 2. The summed E-state index contributed by atoms with van der Waals surface area (Å²) in [6.45, 7) is 9.79. The van der Waals surface area contributed by atoms with E-state index in [-0.39, 0.29) is 0 Å². The first-order valence-electron chi connectivity index (χ1n) is 6.48. The van der Waals surface area contributed by atoms with E-state index in [4.69, 9.17) is 0 Å². The molecule has 1 aromatic rings. The predicted molar refractivity (Wildman–Crippen MR) is 68.3 cm³/mol. The van der Waals surface area contributed by atoms with Crippen LogP contribution in [0.5, 0.6) is 0 Å². The van der Waals surface area contributed by atoms with Crippen molar-refractivity contribution in [3.8, 4) is 0 Å². The molecule has 0 fully saturated rings. The van der Waals surface area contributed by atoms with Crippen LogP contribution in [0.25, 0.3) is 0 Å². The Hall–Kier alpha value is -0.830. The van der Waals surface area contributed by atoms with Crippen LogP contribution in [0.15, 0.2) is 12.4 Å². The zero-order valence-corrected chi connectivity index (χ0v) is 10.9. The summed E-state index contributed by atoms with van der Waals surface area (Å²) in [6, 6.07) is 0. The Labute approximate surface area is 99.3 Å². The Morgan fingerprint density at radius 3 is 2.88 bits per heavy atom. The number of nitrogens with zero attached hydrogens (tertiary/aromatic N) is 2. The molecular formula is C13H25N3. The number of nitrogens with one attached hydrogen (secondary N) is 1. The summed E-state index contributed by atoms with van der Waals surface area (Å²) in [5.41, 5.74) is 0. The van der Waals surface area contributed by atoms with E-state index in [1.807, 2.05) is 6.20 Å². The Bertz CT molecular complexity index is 280. The molecule has 0 radical (unpaired) electrons. The van der Waals surface area contributed by atoms with Crippen LogP contribution in [0.4, 0.5) is 0 Å². The Balaban J connectivity index is 2.43. The molecule has 0 spiro atoms. The summed E-state index contributed by atoms with van der Waals surface area (Å²) in [7, 11) is 0. The molecule has 1 rings (SSSR count). The van der Waals surface area contributed by atoms with Gasteiger partial charge in [0.05, 0.1) is 6.54 Å². The van der Waals surface area contributed by atoms with Crippen molar-refractivity contribution in [2.75, 3.05) is 6.54 Å². The summed E-state index contributed by atoms with van der Waals surface area (Å²) >= 11 is 0. The molecule has 0 bridgehead atoms. The van der Waals surface area contributed by atoms with Crippen molar-refractivity contribution in [1.82, 2.24) is 14.9 Å². The molecule has 0 saturated heterocycles. The molecular weight excluding hydrogens is 198 g/mol. The van der Waals surface area contributed by atoms with Crippen molar-refractivity contribution in [2.24, 2.45) is 5.92 Å². The van der Waals surface area contributed by atoms with Gasteiger partial charge in [0.1, 0.15) is 5.82 Å². The zero-order chi connectivity index (χ0) is 11.8. The van der Waals surface area contributed by atoms with Crippen molar-refractivity contribution in [2.45, 2.75) is 53.1 Å². The fourth-order valence-corrected chi connectivity index (χ4v) is 1.97. The van der Waals surface area contributed by atoms with E-state index in [2.05, 4.69) is 41.8 Å². The standard InChI is InChI=1S/C13H25N3/c1-4-6-12(3)11-16-9-8-15-13(16)10-14-7-5-2/h8-9,12,14H,4-7,10-11H2,1-3H3. The van der Waals surface area contributed by atoms with Crippen LogP contribution in [0.1, 0.15) is 45.9 Å². The SMILES string of the molecule is CCCNCc1nccn1CC(C)CCC. The highest BCUT2D eigenvalue weighted by atomic mass is 15.1. The highest BCUT2D eigenvalue weighted by molar-refractivity contribution is 4.92. The summed E-state index contributed by atoms with van der Waals surface area (Å²) in [5, 5.41) is 3.40. The summed E-state index contributed by atoms with van der Waals surface area (Å²) in [4.78, 5) is 4.40. The van der Waals surface area contributed by atoms with Gasteiger partial charge in [0.15, 0.2) is 0 Å². The van der Waals surface area contributed by atoms with Gasteiger partial charge in [-0.3, -0.25) is 0 Å². The normalized spacial score (nSPS) is 12.9. The second-order valence-electron chi connectivity index (χ2n) is 4.57. The minimum atomic E-state index is 0.740. The lowest BCUT2D eigenvalue weighted by Gasteiger charge is -2.13. The maximum absolute atomic E-state index is 4.40. The van der Waals surface area contributed by atoms with E-state index in [0.29, 0.717) is 0 Å². The molecule has 0 amide bonds. The van der Waals surface area contributed by atoms with E-state index >= 15 is 0 Å². The molecule has 1 atom stereocenters. The number of imidazole rings is 1. The molecule has 1 aromatic heterocycles. The molecule has 1 N–H and O–H groups in total. The molecule has 0 aliphatic rings. The summed E-state index contributed by atoms with van der Waals surface area (Å²) < 4.78 is 2.28. The topological polar surface area (TPSA) is 29.9 Å². The third kappa shape index (κ3) is 4.35. The first-order chi connectivity index (χ1) is 7.77. The van der Waals surface area contributed by atoms with Crippen molar-refractivity contribution >= 4 is 0 Å². The van der Waals surface area contributed by atoms with Crippen LogP contribution in [-0.4, -0.2) is 16.1 Å². The molecule has 3 nitrogen and oxygen atoms in total. The first-order valence-corrected chi connectivity index (χ1v) is 6.48. The minimum absolute atomic E-state index is 0.740. The molecule has 92 valence electrons. The van der Waals surface area contributed by atoms with Gasteiger partial charge in [0.2, 0.25) is 0 Å². The first kappa shape index (κ1) is 13.2. The fourth-order valence-electron chi connectivity index (χ4n) is 1.97. The molecule has 3 heteroatoms. The molecule has 0 saturated carbocycles. The van der Waals surface area contributed by atoms with Gasteiger partial charge in [-0.05, 0) is 25.3 Å². The van der Waals surface area contributed by atoms with Crippen LogP contribution in [0.2, 0.25) is 0 Å². The van der Waals surface area contributed by atoms with Crippen molar-refractivity contribution < 1.29 is 0 Å². The molecule has 0 aliphatic heterocycles. The Kier molecular flexibility index (Phi) is 6.16. The summed E-state index contributed by atoms with van der Waals surface area (Å²) in [6.07, 6.45) is 7.73. The van der Waals surface area contributed by atoms with Gasteiger partial charge in [0, 0.05) is 18.9 Å². The largest absolute Gasteiger partial charge is 0.334 e. The van der Waals surface area contributed by atoms with Gasteiger partial charge in [-0.15, -0.1) is 0 Å². The highest BCUT2D eigenvalue weighted by Crippen LogP contribution is 2.10. The third-order valence-electron chi connectivity index (χ3n) is 2.80. The maximum atomic E-state index is 4.40. The van der Waals surface area contributed by atoms with Crippen LogP contribution >= 0.6 is 0 Å². The Morgan fingerprint density at radius 2 is 2.19 bits per heavy atom. The van der Waals surface area contributed by atoms with Crippen molar-refractivity contribution in [1.29, 1.82) is 0 Å². The third-order valence-corrected chi connectivity index (χ3v) is 2.80. The van der Waals surface area contributed by atoms with Gasteiger partial charge < -0.3 is 9.88 Å². The van der Waals surface area contributed by atoms with Gasteiger partial charge in [0.25, 0.3) is 0 Å². The average Bonchev–Trinajstić information content (AvgIpc) is 2.66. The fraction of sp³-hybridized carbons (Fsp3) is 0.769. The van der Waals surface area contributed by atoms with Crippen molar-refractivity contribution in [3.63, 3.8) is 0 Å². The quantitative estimate of drug-likeness (QED) is 0.687. The van der Waals surface area contributed by atoms with Crippen LogP contribution in [-0.2, 0) is 13.1 Å². The van der Waals surface area contributed by atoms with Crippen LogP contribution in [0.3, 0.4) is 0 Å². The van der Waals surface area contributed by atoms with E-state index in [9.17, 15) is 0 Å². The average molecular weight is 223 g/mol. The van der Waals surface area contributed by atoms with E-state index in [1.54, 1.807) is 0 Å². The minimum Gasteiger partial charge on any atom is -0.334 e. The van der Waals surface area contributed by atoms with Crippen LogP contribution in [0, 0.1) is 5.92 Å². The van der Waals surface area contributed by atoms with E-state index < -0.39 is 0 Å². The van der Waals surface area contributed by atoms with Gasteiger partial charge in [-0.25, -0.2) is 4.98 Å². The molecule has 0 aliphatic carbocycles. The van der Waals surface area contributed by atoms with E-state index in [1.165, 1.54) is 19.3 Å². The monoisotopic (exact) mass is 223 g/mol. The molecule has 1 unspecified atom stereocenters. The molecule has 0 aromatic carbocycles. The highest BCUT2D eigenvalue weighted by Gasteiger charge is 2.06. The van der Waals surface area contributed by atoms with Gasteiger partial charge in [-0.2, -0.15) is 0 Å². The lowest BCUT2D eigenvalue weighted by atomic mass is 10.1. The Morgan fingerprint density at radius 1 is 1.38 bits per heavy atom. The zero-order valence-electron chi connectivity index (χ0n) is 10.9. The smallest absolute Gasteiger partial charge is 0.122 e. The van der Waals surface area contributed by atoms with Gasteiger partial charge in [-0.1, -0.05) is 27.2 Å². The lowest BCUT2D eigenvalue weighted by Crippen LogP contribution is -2.19. The second-order valence-corrected chi connectivity index (χ2v) is 4.57. The molecule has 16 heavy (non-hydrogen) atoms. The van der Waals surface area contributed by atoms with Crippen LogP contribution < -0.4 is 5.32 Å². The maximum Gasteiger partial charge on any atom is 0.122 e. The summed E-state index contributed by atoms with van der Waals surface area (Å²) in [5.74, 6) is 1.90. The predicted octanol–water partition coefficient (Wildman–Crippen LogP) is 2.82. The number of rotatable bonds is 8. The molecule has 1 heterocycles.